The van der Waals surface area contributed by atoms with Gasteiger partial charge < -0.3 is 9.69 Å². The highest BCUT2D eigenvalue weighted by Gasteiger charge is 2.17. The summed E-state index contributed by atoms with van der Waals surface area (Å²) in [5, 5.41) is 0. The van der Waals surface area contributed by atoms with E-state index in [2.05, 4.69) is 11.9 Å². The Labute approximate surface area is 87.7 Å². The summed E-state index contributed by atoms with van der Waals surface area (Å²) < 4.78 is 0. The molecule has 0 radical (unpaired) electrons. The summed E-state index contributed by atoms with van der Waals surface area (Å²) in [7, 11) is 2.20. The van der Waals surface area contributed by atoms with Crippen molar-refractivity contribution < 1.29 is 4.79 Å². The van der Waals surface area contributed by atoms with E-state index in [0.29, 0.717) is 5.78 Å². The molecule has 0 bridgehead atoms. The van der Waals surface area contributed by atoms with Gasteiger partial charge in [0.2, 0.25) is 0 Å². The number of carbonyl (C=O) groups excluding carboxylic acids is 1. The second-order valence-electron chi connectivity index (χ2n) is 4.58. The molecule has 0 aromatic carbocycles. The molecular formula is C12H23NO. The fourth-order valence-corrected chi connectivity index (χ4v) is 2.28. The van der Waals surface area contributed by atoms with Crippen molar-refractivity contribution in [2.45, 2.75) is 57.9 Å². The zero-order chi connectivity index (χ0) is 10.4. The van der Waals surface area contributed by atoms with Gasteiger partial charge in [0.1, 0.15) is 5.78 Å². The quantitative estimate of drug-likeness (QED) is 0.675. The van der Waals surface area contributed by atoms with Crippen LogP contribution in [0.4, 0.5) is 0 Å². The fraction of sp³-hybridized carbons (Fsp3) is 0.917. The van der Waals surface area contributed by atoms with Crippen LogP contribution in [0.5, 0.6) is 0 Å². The smallest absolute Gasteiger partial charge is 0.129 e. The Hall–Kier alpha value is -0.370. The minimum atomic E-state index is 0.321. The number of hydrogen-bond acceptors (Lipinski definition) is 2. The topological polar surface area (TPSA) is 20.3 Å². The highest BCUT2D eigenvalue weighted by atomic mass is 16.1. The molecule has 82 valence electrons. The van der Waals surface area contributed by atoms with Crippen LogP contribution in [-0.4, -0.2) is 30.3 Å². The SMILES string of the molecule is CC(=O)CCCN(C)C1CCCCC1. The molecule has 0 aromatic heterocycles. The fourth-order valence-electron chi connectivity index (χ4n) is 2.28. The first-order valence-electron chi connectivity index (χ1n) is 5.90. The summed E-state index contributed by atoms with van der Waals surface area (Å²) >= 11 is 0. The Balaban J connectivity index is 2.13. The molecule has 2 nitrogen and oxygen atoms in total. The van der Waals surface area contributed by atoms with Crippen LogP contribution in [0, 0.1) is 0 Å². The van der Waals surface area contributed by atoms with Crippen molar-refractivity contribution in [3.63, 3.8) is 0 Å². The number of carbonyl (C=O) groups is 1. The Bertz CT molecular complexity index is 173. The zero-order valence-corrected chi connectivity index (χ0v) is 9.59. The molecule has 14 heavy (non-hydrogen) atoms. The third-order valence-electron chi connectivity index (χ3n) is 3.24. The zero-order valence-electron chi connectivity index (χ0n) is 9.59. The van der Waals surface area contributed by atoms with Crippen molar-refractivity contribution in [2.24, 2.45) is 0 Å². The molecule has 0 amide bonds. The number of ketones is 1. The number of Topliss-reactive ketones (excluding diaryl/α,β-unsaturated/α-hetero) is 1. The van der Waals surface area contributed by atoms with Crippen molar-refractivity contribution in [1.82, 2.24) is 4.90 Å². The molecule has 0 spiro atoms. The first-order chi connectivity index (χ1) is 6.70. The predicted octanol–water partition coefficient (Wildman–Crippen LogP) is 2.62. The first-order valence-corrected chi connectivity index (χ1v) is 5.90. The predicted molar refractivity (Wildman–Crippen MR) is 59.4 cm³/mol. The molecule has 0 aliphatic heterocycles. The molecule has 0 heterocycles. The van der Waals surface area contributed by atoms with Gasteiger partial charge in [0.15, 0.2) is 0 Å². The second kappa shape index (κ2) is 6.18. The van der Waals surface area contributed by atoms with Crippen LogP contribution >= 0.6 is 0 Å². The molecule has 1 aliphatic rings. The molecule has 1 saturated carbocycles. The molecule has 0 atom stereocenters. The summed E-state index contributed by atoms with van der Waals surface area (Å²) in [6.07, 6.45) is 8.69. The Morgan fingerprint density at radius 1 is 1.29 bits per heavy atom. The average Bonchev–Trinajstić information content (AvgIpc) is 2.18. The normalized spacial score (nSPS) is 18.8. The lowest BCUT2D eigenvalue weighted by molar-refractivity contribution is -0.117. The van der Waals surface area contributed by atoms with E-state index < -0.39 is 0 Å². The molecule has 0 unspecified atom stereocenters. The van der Waals surface area contributed by atoms with Crippen molar-refractivity contribution in [2.75, 3.05) is 13.6 Å². The van der Waals surface area contributed by atoms with E-state index in [4.69, 9.17) is 0 Å². The highest BCUT2D eigenvalue weighted by molar-refractivity contribution is 5.75. The van der Waals surface area contributed by atoms with Gasteiger partial charge in [-0.2, -0.15) is 0 Å². The maximum Gasteiger partial charge on any atom is 0.129 e. The van der Waals surface area contributed by atoms with Gasteiger partial charge in [-0.15, -0.1) is 0 Å². The molecular weight excluding hydrogens is 174 g/mol. The lowest BCUT2D eigenvalue weighted by Crippen LogP contribution is -2.34. The maximum absolute atomic E-state index is 10.8. The third-order valence-corrected chi connectivity index (χ3v) is 3.24. The van der Waals surface area contributed by atoms with Gasteiger partial charge in [0, 0.05) is 12.5 Å². The Kier molecular flexibility index (Phi) is 5.16. The van der Waals surface area contributed by atoms with E-state index in [9.17, 15) is 4.79 Å². The van der Waals surface area contributed by atoms with Gasteiger partial charge in [-0.1, -0.05) is 19.3 Å². The van der Waals surface area contributed by atoms with E-state index in [0.717, 1.165) is 25.4 Å². The van der Waals surface area contributed by atoms with Gasteiger partial charge in [0.25, 0.3) is 0 Å². The first kappa shape index (κ1) is 11.7. The lowest BCUT2D eigenvalue weighted by Gasteiger charge is -2.31. The van der Waals surface area contributed by atoms with Gasteiger partial charge in [-0.05, 0) is 39.8 Å². The van der Waals surface area contributed by atoms with Crippen molar-refractivity contribution >= 4 is 5.78 Å². The maximum atomic E-state index is 10.8. The molecule has 1 fully saturated rings. The number of nitrogens with zero attached hydrogens (tertiary/aromatic N) is 1. The lowest BCUT2D eigenvalue weighted by atomic mass is 9.94. The largest absolute Gasteiger partial charge is 0.303 e. The van der Waals surface area contributed by atoms with Crippen LogP contribution in [0.3, 0.4) is 0 Å². The van der Waals surface area contributed by atoms with E-state index in [1.54, 1.807) is 6.92 Å². The van der Waals surface area contributed by atoms with E-state index >= 15 is 0 Å². The monoisotopic (exact) mass is 197 g/mol. The minimum Gasteiger partial charge on any atom is -0.303 e. The molecule has 2 heteroatoms. The molecule has 1 rings (SSSR count). The van der Waals surface area contributed by atoms with Crippen LogP contribution in [-0.2, 0) is 4.79 Å². The minimum absolute atomic E-state index is 0.321. The number of hydrogen-bond donors (Lipinski definition) is 0. The van der Waals surface area contributed by atoms with E-state index in [-0.39, 0.29) is 0 Å². The van der Waals surface area contributed by atoms with Gasteiger partial charge in [0.05, 0.1) is 0 Å². The molecule has 0 aromatic rings. The summed E-state index contributed by atoms with van der Waals surface area (Å²) in [4.78, 5) is 13.2. The Morgan fingerprint density at radius 2 is 1.93 bits per heavy atom. The Morgan fingerprint density at radius 3 is 2.50 bits per heavy atom. The summed E-state index contributed by atoms with van der Waals surface area (Å²) in [5.41, 5.74) is 0. The van der Waals surface area contributed by atoms with Crippen LogP contribution in [0.2, 0.25) is 0 Å². The van der Waals surface area contributed by atoms with Crippen LogP contribution in [0.15, 0.2) is 0 Å². The summed E-state index contributed by atoms with van der Waals surface area (Å²) in [5.74, 6) is 0.321. The van der Waals surface area contributed by atoms with Crippen LogP contribution < -0.4 is 0 Å². The standard InChI is InChI=1S/C12H23NO/c1-11(14)7-6-10-13(2)12-8-4-3-5-9-12/h12H,3-10H2,1-2H3. The average molecular weight is 197 g/mol. The summed E-state index contributed by atoms with van der Waals surface area (Å²) in [6.45, 7) is 2.77. The summed E-state index contributed by atoms with van der Waals surface area (Å²) in [6, 6.07) is 0.788. The van der Waals surface area contributed by atoms with Gasteiger partial charge in [-0.3, -0.25) is 0 Å². The van der Waals surface area contributed by atoms with E-state index in [1.807, 2.05) is 0 Å². The molecule has 0 saturated heterocycles. The van der Waals surface area contributed by atoms with Gasteiger partial charge in [-0.25, -0.2) is 0 Å². The highest BCUT2D eigenvalue weighted by Crippen LogP contribution is 2.21. The van der Waals surface area contributed by atoms with Crippen molar-refractivity contribution in [3.8, 4) is 0 Å². The van der Waals surface area contributed by atoms with Crippen LogP contribution in [0.1, 0.15) is 51.9 Å². The number of rotatable bonds is 5. The van der Waals surface area contributed by atoms with E-state index in [1.165, 1.54) is 32.1 Å². The van der Waals surface area contributed by atoms with Crippen molar-refractivity contribution in [1.29, 1.82) is 0 Å². The van der Waals surface area contributed by atoms with Crippen molar-refractivity contribution in [3.05, 3.63) is 0 Å². The molecule has 1 aliphatic carbocycles. The van der Waals surface area contributed by atoms with Crippen LogP contribution in [0.25, 0.3) is 0 Å². The van der Waals surface area contributed by atoms with Gasteiger partial charge >= 0.3 is 0 Å². The molecule has 0 N–H and O–H groups in total. The second-order valence-corrected chi connectivity index (χ2v) is 4.58. The third kappa shape index (κ3) is 4.23.